The van der Waals surface area contributed by atoms with Crippen molar-refractivity contribution in [1.29, 1.82) is 0 Å². The molecule has 94 valence electrons. The molecule has 0 aliphatic heterocycles. The quantitative estimate of drug-likeness (QED) is 0.755. The highest BCUT2D eigenvalue weighted by Crippen LogP contribution is 2.23. The van der Waals surface area contributed by atoms with Gasteiger partial charge in [0.15, 0.2) is 0 Å². The second-order valence-electron chi connectivity index (χ2n) is 3.62. The molecule has 0 bridgehead atoms. The molecule has 1 rings (SSSR count). The molecule has 0 fully saturated rings. The molecule has 0 heterocycles. The van der Waals surface area contributed by atoms with Crippen molar-refractivity contribution in [3.05, 3.63) is 34.3 Å². The lowest BCUT2D eigenvalue weighted by Crippen LogP contribution is -2.08. The first kappa shape index (κ1) is 14.2. The maximum atomic E-state index is 11.3. The number of benzene rings is 1. The highest BCUT2D eigenvalue weighted by atomic mass is 79.9. The highest BCUT2D eigenvalue weighted by molar-refractivity contribution is 9.10. The number of ether oxygens (including phenoxy) is 2. The summed E-state index contributed by atoms with van der Waals surface area (Å²) in [5.74, 6) is -0.174. The first-order chi connectivity index (χ1) is 8.17. The maximum absolute atomic E-state index is 11.3. The zero-order valence-electron chi connectivity index (χ0n) is 10.1. The average molecular weight is 301 g/mol. The van der Waals surface area contributed by atoms with Crippen LogP contribution in [-0.4, -0.2) is 19.7 Å². The van der Waals surface area contributed by atoms with Gasteiger partial charge in [0.2, 0.25) is 0 Å². The zero-order chi connectivity index (χ0) is 12.7. The highest BCUT2D eigenvalue weighted by Gasteiger charge is 2.13. The van der Waals surface area contributed by atoms with Crippen LogP contribution in [0.2, 0.25) is 0 Å². The lowest BCUT2D eigenvalue weighted by molar-refractivity contribution is -0.143. The number of hydrogen-bond donors (Lipinski definition) is 0. The summed E-state index contributed by atoms with van der Waals surface area (Å²) in [6.07, 6.45) is 0.951. The van der Waals surface area contributed by atoms with Crippen LogP contribution in [-0.2, 0) is 14.3 Å². The Bertz CT molecular complexity index is 348. The summed E-state index contributed by atoms with van der Waals surface area (Å²) >= 11 is 3.38. The van der Waals surface area contributed by atoms with Crippen molar-refractivity contribution in [3.8, 4) is 0 Å². The molecule has 0 aliphatic rings. The van der Waals surface area contributed by atoms with Gasteiger partial charge in [-0.15, -0.1) is 0 Å². The number of methoxy groups -OCH3 is 1. The van der Waals surface area contributed by atoms with Gasteiger partial charge in [-0.2, -0.15) is 0 Å². The van der Waals surface area contributed by atoms with Crippen molar-refractivity contribution in [2.75, 3.05) is 13.7 Å². The largest absolute Gasteiger partial charge is 0.466 e. The van der Waals surface area contributed by atoms with Crippen LogP contribution in [0.1, 0.15) is 31.4 Å². The van der Waals surface area contributed by atoms with Gasteiger partial charge in [0.25, 0.3) is 0 Å². The van der Waals surface area contributed by atoms with Gasteiger partial charge >= 0.3 is 5.97 Å². The summed E-state index contributed by atoms with van der Waals surface area (Å²) in [6, 6.07) is 7.91. The van der Waals surface area contributed by atoms with Crippen molar-refractivity contribution in [3.63, 3.8) is 0 Å². The predicted octanol–water partition coefficient (Wildman–Crippen LogP) is 3.48. The summed E-state index contributed by atoms with van der Waals surface area (Å²) in [7, 11) is 1.65. The molecule has 17 heavy (non-hydrogen) atoms. The van der Waals surface area contributed by atoms with Gasteiger partial charge in [-0.05, 0) is 31.0 Å². The first-order valence-corrected chi connectivity index (χ1v) is 6.40. The third kappa shape index (κ3) is 4.88. The van der Waals surface area contributed by atoms with E-state index in [-0.39, 0.29) is 12.1 Å². The van der Waals surface area contributed by atoms with Crippen LogP contribution in [0.5, 0.6) is 0 Å². The molecule has 0 N–H and O–H groups in total. The molecular weight excluding hydrogens is 284 g/mol. The Morgan fingerprint density at radius 2 is 2.00 bits per heavy atom. The number of halogens is 1. The summed E-state index contributed by atoms with van der Waals surface area (Å²) in [4.78, 5) is 11.3. The second-order valence-corrected chi connectivity index (χ2v) is 4.54. The minimum Gasteiger partial charge on any atom is -0.466 e. The first-order valence-electron chi connectivity index (χ1n) is 5.61. The van der Waals surface area contributed by atoms with Crippen LogP contribution in [0.4, 0.5) is 0 Å². The number of carbonyl (C=O) groups excluding carboxylic acids is 1. The Hall–Kier alpha value is -0.870. The Kier molecular flexibility index (Phi) is 6.22. The molecule has 1 aromatic rings. The molecule has 1 unspecified atom stereocenters. The Morgan fingerprint density at radius 1 is 1.35 bits per heavy atom. The third-order valence-electron chi connectivity index (χ3n) is 2.44. The summed E-state index contributed by atoms with van der Waals surface area (Å²) in [6.45, 7) is 2.23. The summed E-state index contributed by atoms with van der Waals surface area (Å²) in [5, 5.41) is 0. The topological polar surface area (TPSA) is 35.5 Å². The molecule has 0 radical (unpaired) electrons. The van der Waals surface area contributed by atoms with Gasteiger partial charge in [-0.3, -0.25) is 4.79 Å². The number of rotatable bonds is 6. The molecule has 0 aromatic heterocycles. The van der Waals surface area contributed by atoms with Crippen LogP contribution >= 0.6 is 15.9 Å². The molecule has 0 saturated carbocycles. The lowest BCUT2D eigenvalue weighted by Gasteiger charge is -2.15. The van der Waals surface area contributed by atoms with Crippen LogP contribution in [0, 0.1) is 0 Å². The fourth-order valence-electron chi connectivity index (χ4n) is 1.58. The molecule has 3 nitrogen and oxygen atoms in total. The van der Waals surface area contributed by atoms with Gasteiger partial charge in [0.05, 0.1) is 12.7 Å². The number of carbonyl (C=O) groups is 1. The summed E-state index contributed by atoms with van der Waals surface area (Å²) < 4.78 is 11.3. The van der Waals surface area contributed by atoms with Gasteiger partial charge < -0.3 is 9.47 Å². The fourth-order valence-corrected chi connectivity index (χ4v) is 1.84. The van der Waals surface area contributed by atoms with E-state index in [1.54, 1.807) is 14.0 Å². The molecule has 0 aliphatic carbocycles. The van der Waals surface area contributed by atoms with Crippen LogP contribution in [0.25, 0.3) is 0 Å². The SMILES string of the molecule is CCOC(=O)CCC(OC)c1ccc(Br)cc1. The van der Waals surface area contributed by atoms with Crippen LogP contribution < -0.4 is 0 Å². The molecular formula is C13H17BrO3. The van der Waals surface area contributed by atoms with E-state index in [4.69, 9.17) is 9.47 Å². The van der Waals surface area contributed by atoms with E-state index in [1.807, 2.05) is 24.3 Å². The standard InChI is InChI=1S/C13H17BrO3/c1-3-17-13(15)9-8-12(16-2)10-4-6-11(14)7-5-10/h4-7,12H,3,8-9H2,1-2H3. The Balaban J connectivity index is 2.54. The number of esters is 1. The molecule has 1 aromatic carbocycles. The van der Waals surface area contributed by atoms with Gasteiger partial charge in [0.1, 0.15) is 0 Å². The third-order valence-corrected chi connectivity index (χ3v) is 2.97. The molecule has 1 atom stereocenters. The Morgan fingerprint density at radius 3 is 2.53 bits per heavy atom. The van der Waals surface area contributed by atoms with Crippen molar-refractivity contribution >= 4 is 21.9 Å². The van der Waals surface area contributed by atoms with E-state index in [0.717, 1.165) is 10.0 Å². The van der Waals surface area contributed by atoms with E-state index >= 15 is 0 Å². The van der Waals surface area contributed by atoms with E-state index in [2.05, 4.69) is 15.9 Å². The van der Waals surface area contributed by atoms with Gasteiger partial charge in [0, 0.05) is 18.0 Å². The maximum Gasteiger partial charge on any atom is 0.305 e. The van der Waals surface area contributed by atoms with E-state index in [0.29, 0.717) is 19.4 Å². The van der Waals surface area contributed by atoms with E-state index < -0.39 is 0 Å². The average Bonchev–Trinajstić information content (AvgIpc) is 2.32. The molecule has 0 spiro atoms. The normalized spacial score (nSPS) is 12.2. The molecule has 4 heteroatoms. The molecule has 0 amide bonds. The van der Waals surface area contributed by atoms with Crippen molar-refractivity contribution < 1.29 is 14.3 Å². The second kappa shape index (κ2) is 7.45. The smallest absolute Gasteiger partial charge is 0.305 e. The van der Waals surface area contributed by atoms with Crippen LogP contribution in [0.15, 0.2) is 28.7 Å². The van der Waals surface area contributed by atoms with Crippen molar-refractivity contribution in [1.82, 2.24) is 0 Å². The van der Waals surface area contributed by atoms with E-state index in [1.165, 1.54) is 0 Å². The summed E-state index contributed by atoms with van der Waals surface area (Å²) in [5.41, 5.74) is 1.07. The minimum absolute atomic E-state index is 0.0625. The number of hydrogen-bond acceptors (Lipinski definition) is 3. The fraction of sp³-hybridized carbons (Fsp3) is 0.462. The van der Waals surface area contributed by atoms with Crippen molar-refractivity contribution in [2.24, 2.45) is 0 Å². The van der Waals surface area contributed by atoms with Crippen LogP contribution in [0.3, 0.4) is 0 Å². The Labute approximate surface area is 110 Å². The van der Waals surface area contributed by atoms with Gasteiger partial charge in [-0.25, -0.2) is 0 Å². The minimum atomic E-state index is -0.174. The molecule has 0 saturated heterocycles. The monoisotopic (exact) mass is 300 g/mol. The lowest BCUT2D eigenvalue weighted by atomic mass is 10.1. The van der Waals surface area contributed by atoms with E-state index in [9.17, 15) is 4.79 Å². The van der Waals surface area contributed by atoms with Gasteiger partial charge in [-0.1, -0.05) is 28.1 Å². The van der Waals surface area contributed by atoms with Crippen molar-refractivity contribution in [2.45, 2.75) is 25.9 Å². The zero-order valence-corrected chi connectivity index (χ0v) is 11.7. The predicted molar refractivity (Wildman–Crippen MR) is 69.8 cm³/mol.